The Morgan fingerprint density at radius 2 is 2.35 bits per heavy atom. The molecule has 2 N–H and O–H groups in total. The summed E-state index contributed by atoms with van der Waals surface area (Å²) < 4.78 is 1.44. The van der Waals surface area contributed by atoms with Crippen molar-refractivity contribution in [1.82, 2.24) is 9.88 Å². The summed E-state index contributed by atoms with van der Waals surface area (Å²) in [5, 5.41) is 5.86. The topological polar surface area (TPSA) is 63.1 Å². The normalized spacial score (nSPS) is 18.5. The summed E-state index contributed by atoms with van der Waals surface area (Å²) in [5.41, 5.74) is 0.554. The van der Waals surface area contributed by atoms with Crippen LogP contribution in [0.2, 0.25) is 0 Å². The highest BCUT2D eigenvalue weighted by Crippen LogP contribution is 2.11. The zero-order valence-electron chi connectivity index (χ0n) is 9.30. The van der Waals surface area contributed by atoms with Gasteiger partial charge in [0.15, 0.2) is 0 Å². The van der Waals surface area contributed by atoms with Crippen molar-refractivity contribution < 1.29 is 4.79 Å². The second-order valence-corrected chi connectivity index (χ2v) is 4.66. The molecule has 1 aliphatic rings. The molecule has 0 saturated carbocycles. The van der Waals surface area contributed by atoms with E-state index in [1.54, 1.807) is 31.1 Å². The van der Waals surface area contributed by atoms with Gasteiger partial charge in [-0.15, -0.1) is 24.2 Å². The number of amides is 1. The van der Waals surface area contributed by atoms with Crippen LogP contribution in [0.25, 0.3) is 0 Å². The molecular formula is C10H14ClN3O2S. The SMILES string of the molecule is Cl.Cn1cc(NC(=O)C2CSCN2)ccc1=O. The Morgan fingerprint density at radius 1 is 1.59 bits per heavy atom. The maximum atomic E-state index is 11.7. The predicted molar refractivity (Wildman–Crippen MR) is 71.8 cm³/mol. The van der Waals surface area contributed by atoms with Gasteiger partial charge in [-0.2, -0.15) is 0 Å². The summed E-state index contributed by atoms with van der Waals surface area (Å²) in [6, 6.07) is 2.91. The van der Waals surface area contributed by atoms with Crippen molar-refractivity contribution in [2.24, 2.45) is 7.05 Å². The minimum atomic E-state index is -0.137. The Balaban J connectivity index is 0.00000144. The molecule has 2 rings (SSSR count). The van der Waals surface area contributed by atoms with Crippen LogP contribution in [0.5, 0.6) is 0 Å². The molecule has 1 aromatic rings. The Labute approximate surface area is 109 Å². The number of aryl methyl sites for hydroxylation is 1. The third-order valence-corrected chi connectivity index (χ3v) is 3.33. The van der Waals surface area contributed by atoms with E-state index in [4.69, 9.17) is 0 Å². The van der Waals surface area contributed by atoms with Gasteiger partial charge in [-0.25, -0.2) is 0 Å². The van der Waals surface area contributed by atoms with Crippen molar-refractivity contribution in [3.05, 3.63) is 28.7 Å². The van der Waals surface area contributed by atoms with Gasteiger partial charge in [0.05, 0.1) is 11.7 Å². The number of carbonyl (C=O) groups is 1. The van der Waals surface area contributed by atoms with E-state index < -0.39 is 0 Å². The molecule has 2 heterocycles. The minimum Gasteiger partial charge on any atom is -0.323 e. The van der Waals surface area contributed by atoms with Crippen molar-refractivity contribution in [3.63, 3.8) is 0 Å². The monoisotopic (exact) mass is 275 g/mol. The van der Waals surface area contributed by atoms with Gasteiger partial charge < -0.3 is 9.88 Å². The average Bonchev–Trinajstić information content (AvgIpc) is 2.77. The van der Waals surface area contributed by atoms with E-state index >= 15 is 0 Å². The van der Waals surface area contributed by atoms with E-state index in [0.717, 1.165) is 11.6 Å². The number of nitrogens with one attached hydrogen (secondary N) is 2. The fraction of sp³-hybridized carbons (Fsp3) is 0.400. The lowest BCUT2D eigenvalue weighted by molar-refractivity contribution is -0.117. The Kier molecular flexibility index (Phi) is 5.04. The molecule has 1 amide bonds. The van der Waals surface area contributed by atoms with E-state index in [-0.39, 0.29) is 29.9 Å². The summed E-state index contributed by atoms with van der Waals surface area (Å²) in [6.07, 6.45) is 1.61. The Morgan fingerprint density at radius 3 is 2.94 bits per heavy atom. The van der Waals surface area contributed by atoms with Crippen LogP contribution in [0.3, 0.4) is 0 Å². The van der Waals surface area contributed by atoms with Crippen LogP contribution in [-0.4, -0.2) is 28.1 Å². The lowest BCUT2D eigenvalue weighted by Crippen LogP contribution is -2.37. The standard InChI is InChI=1S/C10H13N3O2S.ClH/c1-13-4-7(2-3-9(13)14)12-10(15)8-5-16-6-11-8;/h2-4,8,11H,5-6H2,1H3,(H,12,15);1H. The van der Waals surface area contributed by atoms with Crippen LogP contribution in [-0.2, 0) is 11.8 Å². The molecule has 0 spiro atoms. The lowest BCUT2D eigenvalue weighted by atomic mass is 10.3. The zero-order chi connectivity index (χ0) is 11.5. The molecule has 1 unspecified atom stereocenters. The van der Waals surface area contributed by atoms with Crippen molar-refractivity contribution in [1.29, 1.82) is 0 Å². The number of aromatic nitrogens is 1. The molecule has 5 nitrogen and oxygen atoms in total. The molecule has 1 atom stereocenters. The quantitative estimate of drug-likeness (QED) is 0.821. The van der Waals surface area contributed by atoms with Gasteiger partial charge in [0, 0.05) is 30.9 Å². The predicted octanol–water partition coefficient (Wildman–Crippen LogP) is 0.408. The maximum Gasteiger partial charge on any atom is 0.250 e. The largest absolute Gasteiger partial charge is 0.323 e. The number of hydrogen-bond donors (Lipinski definition) is 2. The van der Waals surface area contributed by atoms with Crippen molar-refractivity contribution in [2.45, 2.75) is 6.04 Å². The number of hydrogen-bond acceptors (Lipinski definition) is 4. The highest BCUT2D eigenvalue weighted by molar-refractivity contribution is 7.99. The number of carbonyl (C=O) groups excluding carboxylic acids is 1. The summed E-state index contributed by atoms with van der Waals surface area (Å²) in [5.74, 6) is 1.55. The molecule has 0 bridgehead atoms. The third-order valence-electron chi connectivity index (χ3n) is 2.39. The second-order valence-electron chi connectivity index (χ2n) is 3.63. The first-order valence-corrected chi connectivity index (χ1v) is 6.11. The molecular weight excluding hydrogens is 262 g/mol. The molecule has 0 aliphatic carbocycles. The van der Waals surface area contributed by atoms with Crippen molar-refractivity contribution in [2.75, 3.05) is 16.9 Å². The van der Waals surface area contributed by atoms with E-state index in [1.807, 2.05) is 0 Å². The third kappa shape index (κ3) is 3.49. The van der Waals surface area contributed by atoms with Crippen LogP contribution >= 0.6 is 24.2 Å². The second kappa shape index (κ2) is 6.09. The number of halogens is 1. The first kappa shape index (κ1) is 14.1. The van der Waals surface area contributed by atoms with Gasteiger partial charge in [0.25, 0.3) is 0 Å². The molecule has 1 aromatic heterocycles. The van der Waals surface area contributed by atoms with Crippen LogP contribution in [0.4, 0.5) is 5.69 Å². The van der Waals surface area contributed by atoms with Gasteiger partial charge in [-0.3, -0.25) is 14.9 Å². The van der Waals surface area contributed by atoms with Gasteiger partial charge in [-0.1, -0.05) is 0 Å². The number of thioether (sulfide) groups is 1. The van der Waals surface area contributed by atoms with E-state index in [0.29, 0.717) is 5.69 Å². The van der Waals surface area contributed by atoms with Gasteiger partial charge in [-0.05, 0) is 6.07 Å². The average molecular weight is 276 g/mol. The summed E-state index contributed by atoms with van der Waals surface area (Å²) in [4.78, 5) is 22.9. The molecule has 1 fully saturated rings. The number of anilines is 1. The molecule has 94 valence electrons. The zero-order valence-corrected chi connectivity index (χ0v) is 10.9. The van der Waals surface area contributed by atoms with Crippen LogP contribution in [0.15, 0.2) is 23.1 Å². The summed E-state index contributed by atoms with van der Waals surface area (Å²) >= 11 is 1.70. The first-order valence-electron chi connectivity index (χ1n) is 4.95. The summed E-state index contributed by atoms with van der Waals surface area (Å²) in [7, 11) is 1.65. The van der Waals surface area contributed by atoms with E-state index in [9.17, 15) is 9.59 Å². The molecule has 1 saturated heterocycles. The van der Waals surface area contributed by atoms with Crippen LogP contribution in [0, 0.1) is 0 Å². The highest BCUT2D eigenvalue weighted by atomic mass is 35.5. The lowest BCUT2D eigenvalue weighted by Gasteiger charge is -2.10. The first-order chi connectivity index (χ1) is 7.66. The fourth-order valence-electron chi connectivity index (χ4n) is 1.46. The molecule has 7 heteroatoms. The minimum absolute atomic E-state index is 0. The van der Waals surface area contributed by atoms with Crippen molar-refractivity contribution in [3.8, 4) is 0 Å². The van der Waals surface area contributed by atoms with Crippen LogP contribution < -0.4 is 16.2 Å². The Hall–Kier alpha value is -0.980. The van der Waals surface area contributed by atoms with Gasteiger partial charge in [0.2, 0.25) is 11.5 Å². The number of nitrogens with zero attached hydrogens (tertiary/aromatic N) is 1. The molecule has 1 aliphatic heterocycles. The number of pyridine rings is 1. The maximum absolute atomic E-state index is 11.7. The van der Waals surface area contributed by atoms with Gasteiger partial charge >= 0.3 is 0 Å². The summed E-state index contributed by atoms with van der Waals surface area (Å²) in [6.45, 7) is 0. The highest BCUT2D eigenvalue weighted by Gasteiger charge is 2.22. The fourth-order valence-corrected chi connectivity index (χ4v) is 2.40. The Bertz CT molecular complexity index is 457. The van der Waals surface area contributed by atoms with Gasteiger partial charge in [0.1, 0.15) is 0 Å². The molecule has 17 heavy (non-hydrogen) atoms. The van der Waals surface area contributed by atoms with E-state index in [1.165, 1.54) is 10.6 Å². The van der Waals surface area contributed by atoms with E-state index in [2.05, 4.69) is 10.6 Å². The molecule has 0 aromatic carbocycles. The van der Waals surface area contributed by atoms with Crippen LogP contribution in [0.1, 0.15) is 0 Å². The smallest absolute Gasteiger partial charge is 0.250 e. The number of rotatable bonds is 2. The van der Waals surface area contributed by atoms with Crippen molar-refractivity contribution >= 4 is 35.8 Å². The molecule has 0 radical (unpaired) electrons.